The van der Waals surface area contributed by atoms with Gasteiger partial charge in [-0.1, -0.05) is 0 Å². The number of carbonyl (C=O) groups excluding carboxylic acids is 2. The molecule has 2 N–H and O–H groups in total. The molecule has 1 aliphatic heterocycles. The van der Waals surface area contributed by atoms with Gasteiger partial charge in [-0.05, 0) is 6.92 Å². The van der Waals surface area contributed by atoms with E-state index >= 15 is 0 Å². The van der Waals surface area contributed by atoms with E-state index in [1.165, 1.54) is 6.92 Å². The third kappa shape index (κ3) is 2.50. The highest BCUT2D eigenvalue weighted by molar-refractivity contribution is 6.43. The molecule has 13 heavy (non-hydrogen) atoms. The van der Waals surface area contributed by atoms with Crippen molar-refractivity contribution in [2.24, 2.45) is 5.10 Å². The second kappa shape index (κ2) is 3.97. The highest BCUT2D eigenvalue weighted by Crippen LogP contribution is 1.96. The Morgan fingerprint density at radius 1 is 1.85 bits per heavy atom. The van der Waals surface area contributed by atoms with Crippen LogP contribution in [0.4, 0.5) is 4.39 Å². The van der Waals surface area contributed by atoms with E-state index in [2.05, 4.69) is 15.8 Å². The number of carbonyl (C=O) groups is 2. The van der Waals surface area contributed by atoms with Crippen LogP contribution in [-0.4, -0.2) is 30.2 Å². The van der Waals surface area contributed by atoms with E-state index in [0.29, 0.717) is 0 Å². The molecular weight excluding hydrogens is 177 g/mol. The van der Waals surface area contributed by atoms with Crippen molar-refractivity contribution in [3.63, 3.8) is 0 Å². The summed E-state index contributed by atoms with van der Waals surface area (Å²) in [5, 5.41) is 5.84. The first-order valence-electron chi connectivity index (χ1n) is 3.85. The summed E-state index contributed by atoms with van der Waals surface area (Å²) >= 11 is 0. The monoisotopic (exact) mass is 187 g/mol. The topological polar surface area (TPSA) is 70.6 Å². The molecule has 5 nitrogen and oxygen atoms in total. The summed E-state index contributed by atoms with van der Waals surface area (Å²) in [7, 11) is 0. The van der Waals surface area contributed by atoms with Crippen LogP contribution in [0, 0.1) is 0 Å². The van der Waals surface area contributed by atoms with Crippen LogP contribution in [0.2, 0.25) is 0 Å². The van der Waals surface area contributed by atoms with Crippen LogP contribution in [0.5, 0.6) is 0 Å². The molecule has 0 spiro atoms. The van der Waals surface area contributed by atoms with Crippen molar-refractivity contribution in [1.82, 2.24) is 10.7 Å². The van der Waals surface area contributed by atoms with Crippen molar-refractivity contribution in [2.45, 2.75) is 19.4 Å². The number of hydrogen-bond donors (Lipinski definition) is 2. The van der Waals surface area contributed by atoms with E-state index in [9.17, 15) is 14.0 Å². The van der Waals surface area contributed by atoms with Crippen LogP contribution < -0.4 is 10.7 Å². The molecule has 1 heterocycles. The van der Waals surface area contributed by atoms with Gasteiger partial charge in [0.25, 0.3) is 5.91 Å². The van der Waals surface area contributed by atoms with Gasteiger partial charge in [-0.3, -0.25) is 9.59 Å². The van der Waals surface area contributed by atoms with Gasteiger partial charge in [0.05, 0.1) is 12.5 Å². The number of hydrogen-bond acceptors (Lipinski definition) is 3. The Hall–Kier alpha value is -1.46. The van der Waals surface area contributed by atoms with E-state index in [-0.39, 0.29) is 18.0 Å². The average Bonchev–Trinajstić information content (AvgIpc) is 2.51. The molecule has 1 aliphatic rings. The first-order chi connectivity index (χ1) is 6.13. The SMILES string of the molecule is CC(CF)NC(=O)C1=NNC(=O)C1. The predicted octanol–water partition coefficient (Wildman–Crippen LogP) is -0.664. The second-order valence-electron chi connectivity index (χ2n) is 2.80. The molecule has 0 aliphatic carbocycles. The lowest BCUT2D eigenvalue weighted by atomic mass is 10.2. The molecule has 0 saturated carbocycles. The maximum atomic E-state index is 12.0. The maximum Gasteiger partial charge on any atom is 0.268 e. The van der Waals surface area contributed by atoms with Gasteiger partial charge in [0.15, 0.2) is 0 Å². The fraction of sp³-hybridized carbons (Fsp3) is 0.571. The molecule has 0 aromatic heterocycles. The van der Waals surface area contributed by atoms with Gasteiger partial charge in [0, 0.05) is 0 Å². The van der Waals surface area contributed by atoms with Gasteiger partial charge in [-0.15, -0.1) is 0 Å². The Morgan fingerprint density at radius 3 is 3.00 bits per heavy atom. The van der Waals surface area contributed by atoms with Gasteiger partial charge >= 0.3 is 0 Å². The Bertz CT molecular complexity index is 264. The van der Waals surface area contributed by atoms with Crippen molar-refractivity contribution in [1.29, 1.82) is 0 Å². The smallest absolute Gasteiger partial charge is 0.268 e. The highest BCUT2D eigenvalue weighted by Gasteiger charge is 2.22. The molecule has 6 heteroatoms. The fourth-order valence-electron chi connectivity index (χ4n) is 0.838. The molecule has 72 valence electrons. The Morgan fingerprint density at radius 2 is 2.54 bits per heavy atom. The van der Waals surface area contributed by atoms with Crippen LogP contribution >= 0.6 is 0 Å². The molecule has 1 atom stereocenters. The summed E-state index contributed by atoms with van der Waals surface area (Å²) in [5.74, 6) is -0.818. The zero-order chi connectivity index (χ0) is 9.84. The number of rotatable bonds is 3. The van der Waals surface area contributed by atoms with E-state index in [4.69, 9.17) is 0 Å². The lowest BCUT2D eigenvalue weighted by molar-refractivity contribution is -0.120. The van der Waals surface area contributed by atoms with Crippen LogP contribution in [0.15, 0.2) is 5.10 Å². The summed E-state index contributed by atoms with van der Waals surface area (Å²) in [5.41, 5.74) is 2.24. The third-order valence-electron chi connectivity index (χ3n) is 1.51. The number of nitrogens with zero attached hydrogens (tertiary/aromatic N) is 1. The lowest BCUT2D eigenvalue weighted by Crippen LogP contribution is -2.38. The van der Waals surface area contributed by atoms with Gasteiger partial charge in [-0.2, -0.15) is 5.10 Å². The minimum Gasteiger partial charge on any atom is -0.346 e. The van der Waals surface area contributed by atoms with Gasteiger partial charge in [-0.25, -0.2) is 9.82 Å². The van der Waals surface area contributed by atoms with Crippen molar-refractivity contribution >= 4 is 17.5 Å². The average molecular weight is 187 g/mol. The van der Waals surface area contributed by atoms with Crippen molar-refractivity contribution in [3.8, 4) is 0 Å². The molecular formula is C7H10FN3O2. The first kappa shape index (κ1) is 9.63. The molecule has 1 unspecified atom stereocenters. The number of hydrazone groups is 1. The largest absolute Gasteiger partial charge is 0.346 e. The molecule has 1 rings (SSSR count). The predicted molar refractivity (Wildman–Crippen MR) is 43.8 cm³/mol. The summed E-state index contributed by atoms with van der Waals surface area (Å²) in [4.78, 5) is 21.8. The molecule has 0 radical (unpaired) electrons. The zero-order valence-electron chi connectivity index (χ0n) is 7.13. The summed E-state index contributed by atoms with van der Waals surface area (Å²) in [6, 6.07) is -0.550. The minimum atomic E-state index is -0.638. The molecule has 2 amide bonds. The molecule has 0 fully saturated rings. The van der Waals surface area contributed by atoms with E-state index in [0.717, 1.165) is 0 Å². The summed E-state index contributed by atoms with van der Waals surface area (Å²) in [6.45, 7) is 0.892. The number of amides is 2. The third-order valence-corrected chi connectivity index (χ3v) is 1.51. The van der Waals surface area contributed by atoms with Gasteiger partial charge < -0.3 is 5.32 Å². The Kier molecular flexibility index (Phi) is 2.94. The van der Waals surface area contributed by atoms with Crippen LogP contribution in [-0.2, 0) is 9.59 Å². The molecule has 0 saturated heterocycles. The van der Waals surface area contributed by atoms with Crippen LogP contribution in [0.25, 0.3) is 0 Å². The van der Waals surface area contributed by atoms with E-state index < -0.39 is 18.6 Å². The van der Waals surface area contributed by atoms with E-state index in [1.807, 2.05) is 0 Å². The quantitative estimate of drug-likeness (QED) is 0.615. The number of alkyl halides is 1. The standard InChI is InChI=1S/C7H10FN3O2/c1-4(3-8)9-7(13)5-2-6(12)11-10-5/h4H,2-3H2,1H3,(H,9,13)(H,11,12). The zero-order valence-corrected chi connectivity index (χ0v) is 7.13. The molecule has 0 aromatic carbocycles. The molecule has 0 bridgehead atoms. The normalized spacial score (nSPS) is 17.7. The lowest BCUT2D eigenvalue weighted by Gasteiger charge is -2.07. The van der Waals surface area contributed by atoms with Gasteiger partial charge in [0.2, 0.25) is 5.91 Å². The fourth-order valence-corrected chi connectivity index (χ4v) is 0.838. The number of nitrogens with one attached hydrogen (secondary N) is 2. The van der Waals surface area contributed by atoms with Crippen molar-refractivity contribution in [3.05, 3.63) is 0 Å². The molecule has 0 aromatic rings. The minimum absolute atomic E-state index is 0.0369. The summed E-state index contributed by atoms with van der Waals surface area (Å²) < 4.78 is 12.0. The van der Waals surface area contributed by atoms with Crippen molar-refractivity contribution in [2.75, 3.05) is 6.67 Å². The van der Waals surface area contributed by atoms with Crippen LogP contribution in [0.3, 0.4) is 0 Å². The second-order valence-corrected chi connectivity index (χ2v) is 2.80. The van der Waals surface area contributed by atoms with E-state index in [1.54, 1.807) is 0 Å². The highest BCUT2D eigenvalue weighted by atomic mass is 19.1. The first-order valence-corrected chi connectivity index (χ1v) is 3.85. The Labute approximate surface area is 74.4 Å². The maximum absolute atomic E-state index is 12.0. The Balaban J connectivity index is 2.45. The van der Waals surface area contributed by atoms with Gasteiger partial charge in [0.1, 0.15) is 12.4 Å². The summed E-state index contributed by atoms with van der Waals surface area (Å²) in [6.07, 6.45) is -0.0369. The number of halogens is 1. The van der Waals surface area contributed by atoms with Crippen molar-refractivity contribution < 1.29 is 14.0 Å². The van der Waals surface area contributed by atoms with Crippen LogP contribution in [0.1, 0.15) is 13.3 Å².